The van der Waals surface area contributed by atoms with Crippen LogP contribution in [0.2, 0.25) is 0 Å². The lowest BCUT2D eigenvalue weighted by molar-refractivity contribution is -0.141. The zero-order chi connectivity index (χ0) is 18.9. The summed E-state index contributed by atoms with van der Waals surface area (Å²) in [7, 11) is -3.84. The fraction of sp³-hybridized carbons (Fsp3) is 0.529. The average Bonchev–Trinajstić information content (AvgIpc) is 2.95. The number of hydrogen-bond donors (Lipinski definition) is 2. The Bertz CT molecular complexity index is 780. The monoisotopic (exact) mass is 368 g/mol. The SMILES string of the molecule is Cc1cc(C)c(S(=O)(=O)N2CCCC2C(=O)NC(C)C(=O)O)c(C)c1. The van der Waals surface area contributed by atoms with Gasteiger partial charge >= 0.3 is 5.97 Å². The molecule has 138 valence electrons. The van der Waals surface area contributed by atoms with Crippen LogP contribution in [0.3, 0.4) is 0 Å². The molecule has 7 nitrogen and oxygen atoms in total. The number of amides is 1. The minimum Gasteiger partial charge on any atom is -0.480 e. The van der Waals surface area contributed by atoms with E-state index in [0.29, 0.717) is 24.0 Å². The molecule has 0 spiro atoms. The van der Waals surface area contributed by atoms with Crippen molar-refractivity contribution in [1.82, 2.24) is 9.62 Å². The third-order valence-electron chi connectivity index (χ3n) is 4.41. The van der Waals surface area contributed by atoms with E-state index in [1.165, 1.54) is 11.2 Å². The van der Waals surface area contributed by atoms with Crippen molar-refractivity contribution in [1.29, 1.82) is 0 Å². The van der Waals surface area contributed by atoms with Crippen molar-refractivity contribution in [3.63, 3.8) is 0 Å². The molecule has 1 amide bonds. The highest BCUT2D eigenvalue weighted by Gasteiger charge is 2.41. The third-order valence-corrected chi connectivity index (χ3v) is 6.62. The van der Waals surface area contributed by atoms with Crippen molar-refractivity contribution in [3.05, 3.63) is 28.8 Å². The number of carboxylic acid groups (broad SMARTS) is 1. The summed E-state index contributed by atoms with van der Waals surface area (Å²) in [6.45, 7) is 6.97. The second-order valence-corrected chi connectivity index (χ2v) is 8.40. The summed E-state index contributed by atoms with van der Waals surface area (Å²) in [5.74, 6) is -1.73. The van der Waals surface area contributed by atoms with Crippen molar-refractivity contribution in [2.24, 2.45) is 0 Å². The number of carboxylic acids is 1. The largest absolute Gasteiger partial charge is 0.480 e. The van der Waals surface area contributed by atoms with E-state index in [1.807, 2.05) is 6.92 Å². The molecule has 2 atom stereocenters. The molecule has 1 heterocycles. The highest BCUT2D eigenvalue weighted by Crippen LogP contribution is 2.30. The van der Waals surface area contributed by atoms with Crippen molar-refractivity contribution < 1.29 is 23.1 Å². The molecular formula is C17H24N2O5S. The van der Waals surface area contributed by atoms with Crippen LogP contribution in [0.25, 0.3) is 0 Å². The van der Waals surface area contributed by atoms with Gasteiger partial charge in [-0.1, -0.05) is 17.7 Å². The van der Waals surface area contributed by atoms with E-state index in [2.05, 4.69) is 5.32 Å². The molecule has 0 bridgehead atoms. The normalized spacial score (nSPS) is 19.6. The first kappa shape index (κ1) is 19.4. The molecule has 25 heavy (non-hydrogen) atoms. The van der Waals surface area contributed by atoms with Crippen molar-refractivity contribution in [3.8, 4) is 0 Å². The molecule has 1 aromatic carbocycles. The Morgan fingerprint density at radius 1 is 1.24 bits per heavy atom. The zero-order valence-electron chi connectivity index (χ0n) is 14.9. The number of carbonyl (C=O) groups excluding carboxylic acids is 1. The Labute approximate surface area is 148 Å². The van der Waals surface area contributed by atoms with E-state index in [0.717, 1.165) is 5.56 Å². The van der Waals surface area contributed by atoms with Gasteiger partial charge in [0, 0.05) is 6.54 Å². The molecule has 1 aliphatic rings. The Morgan fingerprint density at radius 2 is 1.80 bits per heavy atom. The lowest BCUT2D eigenvalue weighted by atomic mass is 10.1. The molecule has 0 radical (unpaired) electrons. The minimum atomic E-state index is -3.84. The second kappa shape index (κ2) is 7.13. The number of aryl methyl sites for hydroxylation is 3. The van der Waals surface area contributed by atoms with E-state index in [9.17, 15) is 18.0 Å². The smallest absolute Gasteiger partial charge is 0.325 e. The summed E-state index contributed by atoms with van der Waals surface area (Å²) < 4.78 is 27.5. The van der Waals surface area contributed by atoms with E-state index < -0.39 is 34.0 Å². The quantitative estimate of drug-likeness (QED) is 0.816. The number of benzene rings is 1. The fourth-order valence-electron chi connectivity index (χ4n) is 3.35. The molecule has 2 N–H and O–H groups in total. The van der Waals surface area contributed by atoms with E-state index in [1.54, 1.807) is 26.0 Å². The standard InChI is InChI=1S/C17H24N2O5S/c1-10-8-11(2)15(12(3)9-10)25(23,24)19-7-5-6-14(19)16(20)18-13(4)17(21)22/h8-9,13-14H,5-7H2,1-4H3,(H,18,20)(H,21,22). The first-order chi connectivity index (χ1) is 11.6. The van der Waals surface area contributed by atoms with E-state index in [-0.39, 0.29) is 11.4 Å². The number of aliphatic carboxylic acids is 1. The summed E-state index contributed by atoms with van der Waals surface area (Å²) in [6.07, 6.45) is 0.935. The zero-order valence-corrected chi connectivity index (χ0v) is 15.7. The maximum Gasteiger partial charge on any atom is 0.325 e. The van der Waals surface area contributed by atoms with Crippen LogP contribution < -0.4 is 5.32 Å². The Kier molecular flexibility index (Phi) is 5.53. The molecule has 1 saturated heterocycles. The van der Waals surface area contributed by atoms with Crippen LogP contribution in [-0.2, 0) is 19.6 Å². The van der Waals surface area contributed by atoms with Crippen molar-refractivity contribution >= 4 is 21.9 Å². The van der Waals surface area contributed by atoms with Gasteiger partial charge in [0.2, 0.25) is 15.9 Å². The van der Waals surface area contributed by atoms with Crippen LogP contribution in [0.5, 0.6) is 0 Å². The van der Waals surface area contributed by atoms with Gasteiger partial charge in [-0.25, -0.2) is 8.42 Å². The van der Waals surface area contributed by atoms with Gasteiger partial charge in [0.1, 0.15) is 12.1 Å². The highest BCUT2D eigenvalue weighted by atomic mass is 32.2. The maximum absolute atomic E-state index is 13.2. The first-order valence-electron chi connectivity index (χ1n) is 8.18. The Balaban J connectivity index is 2.36. The second-order valence-electron chi connectivity index (χ2n) is 6.57. The van der Waals surface area contributed by atoms with Crippen LogP contribution in [0.1, 0.15) is 36.5 Å². The van der Waals surface area contributed by atoms with Gasteiger partial charge in [-0.2, -0.15) is 4.31 Å². The Hall–Kier alpha value is -1.93. The van der Waals surface area contributed by atoms with Crippen LogP contribution in [0.15, 0.2) is 17.0 Å². The lowest BCUT2D eigenvalue weighted by Gasteiger charge is -2.26. The molecular weight excluding hydrogens is 344 g/mol. The first-order valence-corrected chi connectivity index (χ1v) is 9.62. The molecule has 1 aliphatic heterocycles. The highest BCUT2D eigenvalue weighted by molar-refractivity contribution is 7.89. The van der Waals surface area contributed by atoms with Crippen LogP contribution in [0, 0.1) is 20.8 Å². The summed E-state index contributed by atoms with van der Waals surface area (Å²) in [5.41, 5.74) is 2.25. The number of carbonyl (C=O) groups is 2. The van der Waals surface area contributed by atoms with Gasteiger partial charge in [0.25, 0.3) is 0 Å². The molecule has 2 unspecified atom stereocenters. The van der Waals surface area contributed by atoms with Crippen LogP contribution in [0.4, 0.5) is 0 Å². The third kappa shape index (κ3) is 3.85. The molecule has 0 saturated carbocycles. The number of rotatable bonds is 5. The summed E-state index contributed by atoms with van der Waals surface area (Å²) >= 11 is 0. The number of hydrogen-bond acceptors (Lipinski definition) is 4. The number of nitrogens with one attached hydrogen (secondary N) is 1. The number of sulfonamides is 1. The Morgan fingerprint density at radius 3 is 2.32 bits per heavy atom. The van der Waals surface area contributed by atoms with Crippen molar-refractivity contribution in [2.75, 3.05) is 6.54 Å². The summed E-state index contributed by atoms with van der Waals surface area (Å²) in [6, 6.07) is 1.65. The maximum atomic E-state index is 13.2. The van der Waals surface area contributed by atoms with Crippen LogP contribution >= 0.6 is 0 Å². The topological polar surface area (TPSA) is 104 Å². The predicted molar refractivity (Wildman–Crippen MR) is 92.8 cm³/mol. The molecule has 8 heteroatoms. The molecule has 0 aromatic heterocycles. The molecule has 0 aliphatic carbocycles. The van der Waals surface area contributed by atoms with E-state index in [4.69, 9.17) is 5.11 Å². The van der Waals surface area contributed by atoms with Gasteiger partial charge < -0.3 is 10.4 Å². The van der Waals surface area contributed by atoms with Gasteiger partial charge in [-0.05, 0) is 51.7 Å². The molecule has 2 rings (SSSR count). The molecule has 1 aromatic rings. The summed E-state index contributed by atoms with van der Waals surface area (Å²) in [4.78, 5) is 23.5. The number of nitrogens with zero attached hydrogens (tertiary/aromatic N) is 1. The summed E-state index contributed by atoms with van der Waals surface area (Å²) in [5, 5.41) is 11.3. The predicted octanol–water partition coefficient (Wildman–Crippen LogP) is 1.35. The van der Waals surface area contributed by atoms with Gasteiger partial charge in [-0.3, -0.25) is 9.59 Å². The minimum absolute atomic E-state index is 0.226. The molecule has 1 fully saturated rings. The average molecular weight is 368 g/mol. The van der Waals surface area contributed by atoms with Crippen molar-refractivity contribution in [2.45, 2.75) is 57.5 Å². The van der Waals surface area contributed by atoms with Gasteiger partial charge in [0.05, 0.1) is 4.90 Å². The van der Waals surface area contributed by atoms with Crippen LogP contribution in [-0.4, -0.2) is 48.3 Å². The fourth-order valence-corrected chi connectivity index (χ4v) is 5.42. The van der Waals surface area contributed by atoms with E-state index >= 15 is 0 Å². The van der Waals surface area contributed by atoms with Gasteiger partial charge in [0.15, 0.2) is 0 Å². The van der Waals surface area contributed by atoms with Gasteiger partial charge in [-0.15, -0.1) is 0 Å². The lowest BCUT2D eigenvalue weighted by Crippen LogP contribution is -2.50.